The van der Waals surface area contributed by atoms with Gasteiger partial charge < -0.3 is 31.3 Å². The van der Waals surface area contributed by atoms with Gasteiger partial charge in [0.2, 0.25) is 0 Å². The second-order valence-electron chi connectivity index (χ2n) is 2.28. The highest BCUT2D eigenvalue weighted by molar-refractivity contribution is 4.99. The molecule has 0 saturated carbocycles. The van der Waals surface area contributed by atoms with Crippen molar-refractivity contribution >= 4 is 0 Å². The van der Waals surface area contributed by atoms with Crippen molar-refractivity contribution in [1.82, 2.24) is 0 Å². The van der Waals surface area contributed by atoms with Gasteiger partial charge in [-0.3, -0.25) is 0 Å². The summed E-state index contributed by atoms with van der Waals surface area (Å²) in [5.41, 5.74) is 4.83. The predicted octanol–water partition coefficient (Wildman–Crippen LogP) is -2.58. The van der Waals surface area contributed by atoms with E-state index in [1.54, 1.807) is 0 Å². The Morgan fingerprint density at radius 2 is 1.83 bits per heavy atom. The summed E-state index contributed by atoms with van der Waals surface area (Å²) < 4.78 is 0. The van der Waals surface area contributed by atoms with Crippen molar-refractivity contribution in [3.05, 3.63) is 12.0 Å². The first kappa shape index (κ1) is 11.2. The molecule has 0 radical (unpaired) electrons. The van der Waals surface area contributed by atoms with Gasteiger partial charge in [0.1, 0.15) is 24.1 Å². The molecule has 0 fully saturated rings. The molecule has 0 aliphatic carbocycles. The number of rotatable bonds is 4. The number of aliphatic hydroxyl groups is 5. The lowest BCUT2D eigenvalue weighted by molar-refractivity contribution is -0.0742. The van der Waals surface area contributed by atoms with Crippen LogP contribution in [0.2, 0.25) is 0 Å². The van der Waals surface area contributed by atoms with Gasteiger partial charge in [-0.2, -0.15) is 0 Å². The van der Waals surface area contributed by atoms with E-state index in [4.69, 9.17) is 31.3 Å². The second kappa shape index (κ2) is 4.94. The molecule has 6 heteroatoms. The largest absolute Gasteiger partial charge is 0.508 e. The van der Waals surface area contributed by atoms with Crippen molar-refractivity contribution in [3.63, 3.8) is 0 Å². The Balaban J connectivity index is 4.18. The molecule has 0 spiro atoms. The lowest BCUT2D eigenvalue weighted by Crippen LogP contribution is -2.40. The van der Waals surface area contributed by atoms with Crippen LogP contribution in [0.5, 0.6) is 0 Å². The summed E-state index contributed by atoms with van der Waals surface area (Å²) in [6.45, 7) is -0.712. The lowest BCUT2D eigenvalue weighted by Gasteiger charge is -2.20. The summed E-state index contributed by atoms with van der Waals surface area (Å²) in [6, 6.07) is 0. The Hall–Kier alpha value is -0.820. The van der Waals surface area contributed by atoms with Crippen LogP contribution in [0.4, 0.5) is 0 Å². The molecule has 0 bridgehead atoms. The van der Waals surface area contributed by atoms with Gasteiger partial charge >= 0.3 is 0 Å². The van der Waals surface area contributed by atoms with Gasteiger partial charge in [0.25, 0.3) is 0 Å². The first-order valence-corrected chi connectivity index (χ1v) is 3.30. The maximum Gasteiger partial charge on any atom is 0.141 e. The molecular weight excluding hydrogens is 166 g/mol. The number of nitrogens with two attached hydrogens (primary N) is 1. The average Bonchev–Trinajstić information content (AvgIpc) is 2.12. The van der Waals surface area contributed by atoms with E-state index in [1.165, 1.54) is 0 Å². The van der Waals surface area contributed by atoms with E-state index in [1.807, 2.05) is 0 Å². The topological polar surface area (TPSA) is 127 Å². The number of hydrogen-bond donors (Lipinski definition) is 6. The van der Waals surface area contributed by atoms with Gasteiger partial charge in [0.05, 0.1) is 6.61 Å². The van der Waals surface area contributed by atoms with Crippen molar-refractivity contribution < 1.29 is 25.5 Å². The molecule has 0 amide bonds. The molecule has 0 aliphatic rings. The Bertz CT molecular complexity index is 160. The van der Waals surface area contributed by atoms with E-state index >= 15 is 0 Å². The van der Waals surface area contributed by atoms with Gasteiger partial charge in [-0.25, -0.2) is 0 Å². The number of aliphatic hydroxyl groups excluding tert-OH is 5. The normalized spacial score (nSPS) is 20.2. The molecule has 72 valence electrons. The molecule has 0 rings (SSSR count). The van der Waals surface area contributed by atoms with Crippen LogP contribution in [0.25, 0.3) is 0 Å². The molecule has 0 aromatic heterocycles. The Morgan fingerprint density at radius 3 is 2.17 bits per heavy atom. The third-order valence-corrected chi connectivity index (χ3v) is 1.38. The van der Waals surface area contributed by atoms with Crippen molar-refractivity contribution in [2.75, 3.05) is 6.61 Å². The maximum absolute atomic E-state index is 8.97. The minimum absolute atomic E-state index is 0.657. The smallest absolute Gasteiger partial charge is 0.141 e. The summed E-state index contributed by atoms with van der Waals surface area (Å²) in [7, 11) is 0. The van der Waals surface area contributed by atoms with E-state index in [0.717, 1.165) is 0 Å². The maximum atomic E-state index is 8.97. The third kappa shape index (κ3) is 2.67. The summed E-state index contributed by atoms with van der Waals surface area (Å²) in [5.74, 6) is -0.657. The lowest BCUT2D eigenvalue weighted by atomic mass is 10.1. The minimum Gasteiger partial charge on any atom is -0.508 e. The van der Waals surface area contributed by atoms with Crippen molar-refractivity contribution in [3.8, 4) is 0 Å². The van der Waals surface area contributed by atoms with Crippen LogP contribution in [-0.2, 0) is 0 Å². The number of hydrogen-bond acceptors (Lipinski definition) is 6. The van der Waals surface area contributed by atoms with Gasteiger partial charge in [0, 0.05) is 6.20 Å². The molecule has 7 N–H and O–H groups in total. The van der Waals surface area contributed by atoms with Crippen LogP contribution in [0.3, 0.4) is 0 Å². The monoisotopic (exact) mass is 179 g/mol. The first-order chi connectivity index (χ1) is 5.54. The zero-order valence-corrected chi connectivity index (χ0v) is 6.33. The zero-order valence-electron chi connectivity index (χ0n) is 6.33. The quantitative estimate of drug-likeness (QED) is 0.263. The van der Waals surface area contributed by atoms with Gasteiger partial charge in [-0.1, -0.05) is 0 Å². The van der Waals surface area contributed by atoms with Crippen LogP contribution in [0.15, 0.2) is 12.0 Å². The van der Waals surface area contributed by atoms with Crippen LogP contribution in [-0.4, -0.2) is 50.5 Å². The van der Waals surface area contributed by atoms with Crippen molar-refractivity contribution in [2.45, 2.75) is 18.3 Å². The molecule has 0 unspecified atom stereocenters. The van der Waals surface area contributed by atoms with E-state index < -0.39 is 30.7 Å². The Labute approximate surface area is 69.2 Å². The van der Waals surface area contributed by atoms with Crippen LogP contribution >= 0.6 is 0 Å². The van der Waals surface area contributed by atoms with Crippen LogP contribution < -0.4 is 5.73 Å². The fourth-order valence-corrected chi connectivity index (χ4v) is 0.592. The van der Waals surface area contributed by atoms with Gasteiger partial charge in [-0.05, 0) is 0 Å². The molecule has 6 nitrogen and oxygen atoms in total. The Kier molecular flexibility index (Phi) is 4.60. The average molecular weight is 179 g/mol. The summed E-state index contributed by atoms with van der Waals surface area (Å²) in [5, 5.41) is 43.9. The second-order valence-corrected chi connectivity index (χ2v) is 2.28. The zero-order chi connectivity index (χ0) is 9.72. The SMILES string of the molecule is N/C=C(\O)[C@@H](O)[C@H](O)[C@H](O)CO. The third-order valence-electron chi connectivity index (χ3n) is 1.38. The highest BCUT2D eigenvalue weighted by atomic mass is 16.4. The van der Waals surface area contributed by atoms with Crippen LogP contribution in [0, 0.1) is 0 Å². The van der Waals surface area contributed by atoms with E-state index in [0.29, 0.717) is 6.20 Å². The highest BCUT2D eigenvalue weighted by Gasteiger charge is 2.26. The molecule has 12 heavy (non-hydrogen) atoms. The molecule has 0 aromatic carbocycles. The Morgan fingerprint density at radius 1 is 1.33 bits per heavy atom. The molecule has 0 heterocycles. The highest BCUT2D eigenvalue weighted by Crippen LogP contribution is 2.06. The van der Waals surface area contributed by atoms with Crippen molar-refractivity contribution in [2.24, 2.45) is 5.73 Å². The molecule has 3 atom stereocenters. The summed E-state index contributed by atoms with van der Waals surface area (Å²) in [4.78, 5) is 0. The van der Waals surface area contributed by atoms with Crippen molar-refractivity contribution in [1.29, 1.82) is 0 Å². The van der Waals surface area contributed by atoms with Crippen LogP contribution in [0.1, 0.15) is 0 Å². The fraction of sp³-hybridized carbons (Fsp3) is 0.667. The van der Waals surface area contributed by atoms with E-state index in [2.05, 4.69) is 0 Å². The standard InChI is InChI=1S/C6H13NO5/c7-1-3(9)5(11)6(12)4(10)2-8/h1,4-6,8-12H,2,7H2/b3-1-/t4-,5-,6-/m1/s1. The van der Waals surface area contributed by atoms with Gasteiger partial charge in [-0.15, -0.1) is 0 Å². The molecule has 0 aliphatic heterocycles. The fourth-order valence-electron chi connectivity index (χ4n) is 0.592. The van der Waals surface area contributed by atoms with E-state index in [-0.39, 0.29) is 0 Å². The summed E-state index contributed by atoms with van der Waals surface area (Å²) >= 11 is 0. The van der Waals surface area contributed by atoms with Gasteiger partial charge in [0.15, 0.2) is 0 Å². The molecule has 0 aromatic rings. The van der Waals surface area contributed by atoms with E-state index in [9.17, 15) is 0 Å². The molecular formula is C6H13NO5. The minimum atomic E-state index is -1.68. The first-order valence-electron chi connectivity index (χ1n) is 3.30. The summed E-state index contributed by atoms with van der Waals surface area (Å²) in [6.07, 6.45) is -4.16. The predicted molar refractivity (Wildman–Crippen MR) is 40.0 cm³/mol. The molecule has 0 saturated heterocycles.